The fourth-order valence-electron chi connectivity index (χ4n) is 1.12. The van der Waals surface area contributed by atoms with Crippen LogP contribution in [0.25, 0.3) is 0 Å². The molecule has 1 aromatic rings. The Balaban J connectivity index is 3.02. The zero-order valence-electron chi connectivity index (χ0n) is 7.53. The van der Waals surface area contributed by atoms with Crippen molar-refractivity contribution in [1.29, 1.82) is 0 Å². The smallest absolute Gasteiger partial charge is 0.166 e. The van der Waals surface area contributed by atoms with Gasteiger partial charge in [0, 0.05) is 0 Å². The van der Waals surface area contributed by atoms with E-state index in [1.165, 1.54) is 12.1 Å². The highest BCUT2D eigenvalue weighted by atomic mass is 35.5. The summed E-state index contributed by atoms with van der Waals surface area (Å²) in [5, 5.41) is -0.250. The maximum absolute atomic E-state index is 12.3. The van der Waals surface area contributed by atoms with Crippen molar-refractivity contribution in [1.82, 2.24) is 0 Å². The number of halogens is 4. The highest BCUT2D eigenvalue weighted by molar-refractivity contribution is 6.31. The second-order valence-corrected chi connectivity index (χ2v) is 3.26. The van der Waals surface area contributed by atoms with Crippen LogP contribution >= 0.6 is 11.6 Å². The first kappa shape index (κ1) is 11.4. The summed E-state index contributed by atoms with van der Waals surface area (Å²) in [5.74, 6) is 0. The molecule has 0 fully saturated rings. The molecule has 0 unspecified atom stereocenters. The van der Waals surface area contributed by atoms with Crippen LogP contribution in [0.3, 0.4) is 0 Å². The minimum Gasteiger partial charge on any atom is -0.166 e. The molecular weight excluding hydrogens is 213 g/mol. The lowest BCUT2D eigenvalue weighted by atomic mass is 10.1. The highest BCUT2D eigenvalue weighted by Crippen LogP contribution is 2.35. The maximum atomic E-state index is 12.3. The second-order valence-electron chi connectivity index (χ2n) is 2.85. The molecule has 0 aliphatic carbocycles. The Morgan fingerprint density at radius 1 is 1.36 bits per heavy atom. The summed E-state index contributed by atoms with van der Waals surface area (Å²) in [6.45, 7) is 1.91. The number of hydrogen-bond donors (Lipinski definition) is 0. The molecule has 0 spiro atoms. The Labute approximate surface area is 85.7 Å². The molecule has 1 radical (unpaired) electrons. The van der Waals surface area contributed by atoms with E-state index in [2.05, 4.69) is 0 Å². The fourth-order valence-corrected chi connectivity index (χ4v) is 1.42. The third-order valence-electron chi connectivity index (χ3n) is 1.74. The van der Waals surface area contributed by atoms with Crippen molar-refractivity contribution in [3.8, 4) is 0 Å². The first-order valence-electron chi connectivity index (χ1n) is 4.15. The van der Waals surface area contributed by atoms with Crippen LogP contribution in [0.15, 0.2) is 18.2 Å². The molecular formula is C10H9ClF3. The number of benzene rings is 1. The first-order chi connectivity index (χ1) is 6.45. The lowest BCUT2D eigenvalue weighted by Gasteiger charge is -2.09. The molecule has 1 aromatic carbocycles. The van der Waals surface area contributed by atoms with Crippen LogP contribution in [-0.2, 0) is 6.18 Å². The maximum Gasteiger partial charge on any atom is 0.417 e. The summed E-state index contributed by atoms with van der Waals surface area (Å²) < 4.78 is 36.8. The van der Waals surface area contributed by atoms with E-state index in [-0.39, 0.29) is 5.02 Å². The van der Waals surface area contributed by atoms with E-state index in [4.69, 9.17) is 11.6 Å². The van der Waals surface area contributed by atoms with Gasteiger partial charge in [-0.15, -0.1) is 0 Å². The van der Waals surface area contributed by atoms with Crippen LogP contribution in [0.2, 0.25) is 5.02 Å². The van der Waals surface area contributed by atoms with Crippen molar-refractivity contribution in [2.45, 2.75) is 19.5 Å². The Morgan fingerprint density at radius 2 is 2.00 bits per heavy atom. The quantitative estimate of drug-likeness (QED) is 0.698. The van der Waals surface area contributed by atoms with Gasteiger partial charge in [0.05, 0.1) is 10.6 Å². The van der Waals surface area contributed by atoms with Gasteiger partial charge < -0.3 is 0 Å². The molecule has 0 aliphatic rings. The lowest BCUT2D eigenvalue weighted by molar-refractivity contribution is -0.137. The van der Waals surface area contributed by atoms with Gasteiger partial charge in [0.1, 0.15) is 0 Å². The van der Waals surface area contributed by atoms with Gasteiger partial charge in [-0.05, 0) is 30.5 Å². The lowest BCUT2D eigenvalue weighted by Crippen LogP contribution is -2.05. The molecule has 0 aliphatic heterocycles. The zero-order chi connectivity index (χ0) is 10.8. The predicted molar refractivity (Wildman–Crippen MR) is 50.1 cm³/mol. The molecule has 1 rings (SSSR count). The first-order valence-corrected chi connectivity index (χ1v) is 4.53. The van der Waals surface area contributed by atoms with E-state index in [9.17, 15) is 13.2 Å². The molecule has 4 heteroatoms. The molecule has 0 saturated carbocycles. The van der Waals surface area contributed by atoms with Gasteiger partial charge in [0.25, 0.3) is 0 Å². The summed E-state index contributed by atoms with van der Waals surface area (Å²) in [5.41, 5.74) is -0.0714. The average molecular weight is 222 g/mol. The van der Waals surface area contributed by atoms with Crippen LogP contribution in [0.4, 0.5) is 13.2 Å². The van der Waals surface area contributed by atoms with Crippen molar-refractivity contribution >= 4 is 11.6 Å². The molecule has 0 bridgehead atoms. The van der Waals surface area contributed by atoms with Crippen LogP contribution in [0.5, 0.6) is 0 Å². The van der Waals surface area contributed by atoms with E-state index in [0.29, 0.717) is 5.56 Å². The van der Waals surface area contributed by atoms with Crippen LogP contribution in [0.1, 0.15) is 24.5 Å². The molecule has 77 valence electrons. The van der Waals surface area contributed by atoms with Crippen molar-refractivity contribution in [2.75, 3.05) is 0 Å². The third kappa shape index (κ3) is 2.64. The van der Waals surface area contributed by atoms with Gasteiger partial charge in [-0.25, -0.2) is 0 Å². The van der Waals surface area contributed by atoms with Crippen molar-refractivity contribution in [3.63, 3.8) is 0 Å². The summed E-state index contributed by atoms with van der Waals surface area (Å²) in [4.78, 5) is 0. The monoisotopic (exact) mass is 221 g/mol. The second kappa shape index (κ2) is 4.22. The topological polar surface area (TPSA) is 0 Å². The van der Waals surface area contributed by atoms with Crippen molar-refractivity contribution in [2.24, 2.45) is 0 Å². The van der Waals surface area contributed by atoms with E-state index < -0.39 is 11.7 Å². The molecule has 0 aromatic heterocycles. The van der Waals surface area contributed by atoms with E-state index in [1.807, 2.05) is 13.3 Å². The van der Waals surface area contributed by atoms with Crippen molar-refractivity contribution < 1.29 is 13.2 Å². The van der Waals surface area contributed by atoms with Gasteiger partial charge in [-0.2, -0.15) is 13.2 Å². The number of rotatable bonds is 2. The SMILES string of the molecule is CC[CH]c1ccc(C(F)(F)F)c(Cl)c1. The zero-order valence-corrected chi connectivity index (χ0v) is 8.28. The molecule has 0 N–H and O–H groups in total. The Morgan fingerprint density at radius 3 is 2.43 bits per heavy atom. The molecule has 0 heterocycles. The predicted octanol–water partition coefficient (Wildman–Crippen LogP) is 4.32. The van der Waals surface area contributed by atoms with Crippen LogP contribution in [0, 0.1) is 6.42 Å². The standard InChI is InChI=1S/C10H9ClF3/c1-2-3-7-4-5-8(9(11)6-7)10(12,13)14/h3-6H,2H2,1H3. The number of alkyl halides is 3. The fraction of sp³-hybridized carbons (Fsp3) is 0.300. The molecule has 0 nitrogen and oxygen atoms in total. The van der Waals surface area contributed by atoms with Gasteiger partial charge in [0.2, 0.25) is 0 Å². The van der Waals surface area contributed by atoms with Crippen LogP contribution in [-0.4, -0.2) is 0 Å². The number of hydrogen-bond acceptors (Lipinski definition) is 0. The van der Waals surface area contributed by atoms with E-state index in [0.717, 1.165) is 12.5 Å². The Hall–Kier alpha value is -0.700. The largest absolute Gasteiger partial charge is 0.417 e. The summed E-state index contributed by atoms with van der Waals surface area (Å²) >= 11 is 5.51. The summed E-state index contributed by atoms with van der Waals surface area (Å²) in [7, 11) is 0. The minimum atomic E-state index is -4.37. The van der Waals surface area contributed by atoms with Crippen molar-refractivity contribution in [3.05, 3.63) is 40.8 Å². The minimum absolute atomic E-state index is 0.250. The molecule has 0 amide bonds. The Bertz CT molecular complexity index is 318. The van der Waals surface area contributed by atoms with Crippen LogP contribution < -0.4 is 0 Å². The van der Waals surface area contributed by atoms with Gasteiger partial charge in [-0.1, -0.05) is 24.6 Å². The third-order valence-corrected chi connectivity index (χ3v) is 2.05. The molecule has 0 atom stereocenters. The van der Waals surface area contributed by atoms with E-state index >= 15 is 0 Å². The van der Waals surface area contributed by atoms with Gasteiger partial charge in [-0.3, -0.25) is 0 Å². The summed E-state index contributed by atoms with van der Waals surface area (Å²) in [6.07, 6.45) is -1.80. The Kier molecular flexibility index (Phi) is 3.43. The normalized spacial score (nSPS) is 11.8. The summed E-state index contributed by atoms with van der Waals surface area (Å²) in [6, 6.07) is 3.75. The average Bonchev–Trinajstić information content (AvgIpc) is 2.02. The van der Waals surface area contributed by atoms with Gasteiger partial charge >= 0.3 is 6.18 Å². The highest BCUT2D eigenvalue weighted by Gasteiger charge is 2.32. The van der Waals surface area contributed by atoms with Gasteiger partial charge in [0.15, 0.2) is 0 Å². The van der Waals surface area contributed by atoms with E-state index in [1.54, 1.807) is 0 Å². The molecule has 14 heavy (non-hydrogen) atoms. The molecule has 0 saturated heterocycles.